The van der Waals surface area contributed by atoms with Crippen molar-refractivity contribution < 1.29 is 9.53 Å². The molecule has 0 aromatic heterocycles. The predicted octanol–water partition coefficient (Wildman–Crippen LogP) is 0.734. The minimum atomic E-state index is -0.472. The number of Topliss-reactive ketones (excluding diaryl/α,β-unsaturated/α-hetero) is 1. The van der Waals surface area contributed by atoms with Crippen LogP contribution in [0.15, 0.2) is 0 Å². The number of hydrogen-bond acceptors (Lipinski definition) is 3. The Kier molecular flexibility index (Phi) is 3.23. The van der Waals surface area contributed by atoms with Gasteiger partial charge in [0.2, 0.25) is 0 Å². The molecule has 1 rings (SSSR count). The van der Waals surface area contributed by atoms with Gasteiger partial charge in [-0.2, -0.15) is 0 Å². The molecular weight excluding hydrogens is 154 g/mol. The van der Waals surface area contributed by atoms with E-state index >= 15 is 0 Å². The molecule has 70 valence electrons. The van der Waals surface area contributed by atoms with E-state index in [-0.39, 0.29) is 5.78 Å². The number of methoxy groups -OCH3 is 1. The van der Waals surface area contributed by atoms with Crippen molar-refractivity contribution in [3.8, 4) is 0 Å². The summed E-state index contributed by atoms with van der Waals surface area (Å²) in [4.78, 5) is 11.6. The average molecular weight is 171 g/mol. The molecule has 1 aliphatic rings. The van der Waals surface area contributed by atoms with Crippen LogP contribution in [0.2, 0.25) is 0 Å². The predicted molar refractivity (Wildman–Crippen MR) is 47.1 cm³/mol. The van der Waals surface area contributed by atoms with Gasteiger partial charge in [0.05, 0.1) is 0 Å². The molecule has 0 aromatic rings. The highest BCUT2D eigenvalue weighted by molar-refractivity contribution is 5.87. The third kappa shape index (κ3) is 1.67. The summed E-state index contributed by atoms with van der Waals surface area (Å²) in [5.74, 6) is 0.242. The smallest absolute Gasteiger partial charge is 0.164 e. The molecule has 0 radical (unpaired) electrons. The number of ketones is 1. The average Bonchev–Trinajstić information content (AvgIpc) is 2.17. The van der Waals surface area contributed by atoms with E-state index in [1.807, 2.05) is 6.92 Å². The normalized spacial score (nSPS) is 22.2. The Morgan fingerprint density at radius 3 is 2.50 bits per heavy atom. The summed E-state index contributed by atoms with van der Waals surface area (Å²) in [6.45, 7) is 3.67. The molecular formula is C9H17NO2. The molecule has 1 N–H and O–H groups in total. The van der Waals surface area contributed by atoms with Crippen molar-refractivity contribution in [2.45, 2.75) is 31.8 Å². The summed E-state index contributed by atoms with van der Waals surface area (Å²) in [5, 5.41) is 3.22. The molecule has 0 unspecified atom stereocenters. The molecule has 0 spiro atoms. The highest BCUT2D eigenvalue weighted by Gasteiger charge is 2.37. The second-order valence-corrected chi connectivity index (χ2v) is 3.23. The third-order valence-corrected chi connectivity index (χ3v) is 2.63. The number of rotatable bonds is 3. The molecule has 1 fully saturated rings. The maximum absolute atomic E-state index is 11.6. The first-order chi connectivity index (χ1) is 5.75. The SMILES string of the molecule is CCC(=O)C1(OC)CCNCC1. The molecule has 3 nitrogen and oxygen atoms in total. The molecule has 0 aliphatic carbocycles. The van der Waals surface area contributed by atoms with E-state index in [2.05, 4.69) is 5.32 Å². The van der Waals surface area contributed by atoms with Gasteiger partial charge < -0.3 is 10.1 Å². The summed E-state index contributed by atoms with van der Waals surface area (Å²) >= 11 is 0. The van der Waals surface area contributed by atoms with Crippen molar-refractivity contribution in [3.63, 3.8) is 0 Å². The van der Waals surface area contributed by atoms with E-state index < -0.39 is 5.60 Å². The molecule has 12 heavy (non-hydrogen) atoms. The van der Waals surface area contributed by atoms with E-state index in [9.17, 15) is 4.79 Å². The summed E-state index contributed by atoms with van der Waals surface area (Å²) in [7, 11) is 1.64. The molecule has 3 heteroatoms. The zero-order valence-electron chi connectivity index (χ0n) is 7.85. The van der Waals surface area contributed by atoms with Gasteiger partial charge in [0, 0.05) is 13.5 Å². The number of piperidine rings is 1. The molecule has 1 aliphatic heterocycles. The van der Waals surface area contributed by atoms with Gasteiger partial charge in [-0.3, -0.25) is 4.79 Å². The lowest BCUT2D eigenvalue weighted by molar-refractivity contribution is -0.143. The summed E-state index contributed by atoms with van der Waals surface area (Å²) in [6.07, 6.45) is 2.21. The molecule has 0 saturated carbocycles. The standard InChI is InChI=1S/C9H17NO2/c1-3-8(11)9(12-2)4-6-10-7-5-9/h10H,3-7H2,1-2H3. The van der Waals surface area contributed by atoms with Crippen LogP contribution in [-0.4, -0.2) is 31.6 Å². The minimum absolute atomic E-state index is 0.242. The third-order valence-electron chi connectivity index (χ3n) is 2.63. The van der Waals surface area contributed by atoms with Gasteiger partial charge in [0.25, 0.3) is 0 Å². The second kappa shape index (κ2) is 4.01. The lowest BCUT2D eigenvalue weighted by Crippen LogP contribution is -2.49. The van der Waals surface area contributed by atoms with E-state index in [0.29, 0.717) is 6.42 Å². The molecule has 1 heterocycles. The Morgan fingerprint density at radius 2 is 2.08 bits per heavy atom. The van der Waals surface area contributed by atoms with Crippen LogP contribution in [0.1, 0.15) is 26.2 Å². The van der Waals surface area contributed by atoms with Crippen molar-refractivity contribution in [3.05, 3.63) is 0 Å². The topological polar surface area (TPSA) is 38.3 Å². The van der Waals surface area contributed by atoms with Crippen molar-refractivity contribution in [1.29, 1.82) is 0 Å². The molecule has 0 atom stereocenters. The zero-order chi connectivity index (χ0) is 9.03. The molecule has 0 aromatic carbocycles. The molecule has 0 amide bonds. The van der Waals surface area contributed by atoms with Gasteiger partial charge in [0.15, 0.2) is 5.78 Å². The maximum Gasteiger partial charge on any atom is 0.164 e. The number of carbonyl (C=O) groups is 1. The lowest BCUT2D eigenvalue weighted by Gasteiger charge is -2.34. The van der Waals surface area contributed by atoms with Gasteiger partial charge in [-0.25, -0.2) is 0 Å². The molecule has 0 bridgehead atoms. The summed E-state index contributed by atoms with van der Waals surface area (Å²) in [6, 6.07) is 0. The first-order valence-corrected chi connectivity index (χ1v) is 4.54. The van der Waals surface area contributed by atoms with Gasteiger partial charge in [-0.15, -0.1) is 0 Å². The Hall–Kier alpha value is -0.410. The first kappa shape index (κ1) is 9.68. The fourth-order valence-corrected chi connectivity index (χ4v) is 1.75. The fourth-order valence-electron chi connectivity index (χ4n) is 1.75. The first-order valence-electron chi connectivity index (χ1n) is 4.54. The highest BCUT2D eigenvalue weighted by Crippen LogP contribution is 2.24. The number of ether oxygens (including phenoxy) is 1. The summed E-state index contributed by atoms with van der Waals surface area (Å²) in [5.41, 5.74) is -0.472. The van der Waals surface area contributed by atoms with Crippen molar-refractivity contribution in [2.75, 3.05) is 20.2 Å². The lowest BCUT2D eigenvalue weighted by atomic mass is 9.86. The zero-order valence-corrected chi connectivity index (χ0v) is 7.85. The Balaban J connectivity index is 2.66. The van der Waals surface area contributed by atoms with Crippen LogP contribution in [0, 0.1) is 0 Å². The van der Waals surface area contributed by atoms with Crippen LogP contribution in [-0.2, 0) is 9.53 Å². The van der Waals surface area contributed by atoms with Crippen LogP contribution in [0.5, 0.6) is 0 Å². The van der Waals surface area contributed by atoms with E-state index in [4.69, 9.17) is 4.74 Å². The quantitative estimate of drug-likeness (QED) is 0.680. The Morgan fingerprint density at radius 1 is 1.50 bits per heavy atom. The van der Waals surface area contributed by atoms with Crippen LogP contribution in [0.4, 0.5) is 0 Å². The van der Waals surface area contributed by atoms with Crippen LogP contribution >= 0.6 is 0 Å². The number of carbonyl (C=O) groups excluding carboxylic acids is 1. The van der Waals surface area contributed by atoms with Gasteiger partial charge >= 0.3 is 0 Å². The van der Waals surface area contributed by atoms with Gasteiger partial charge in [0.1, 0.15) is 5.60 Å². The second-order valence-electron chi connectivity index (χ2n) is 3.23. The minimum Gasteiger partial charge on any atom is -0.370 e. The largest absolute Gasteiger partial charge is 0.370 e. The fraction of sp³-hybridized carbons (Fsp3) is 0.889. The summed E-state index contributed by atoms with van der Waals surface area (Å²) < 4.78 is 5.34. The van der Waals surface area contributed by atoms with E-state index in [1.165, 1.54) is 0 Å². The molecule has 1 saturated heterocycles. The van der Waals surface area contributed by atoms with Crippen LogP contribution in [0.3, 0.4) is 0 Å². The van der Waals surface area contributed by atoms with Crippen molar-refractivity contribution >= 4 is 5.78 Å². The highest BCUT2D eigenvalue weighted by atomic mass is 16.5. The van der Waals surface area contributed by atoms with Crippen LogP contribution in [0.25, 0.3) is 0 Å². The monoisotopic (exact) mass is 171 g/mol. The Bertz CT molecular complexity index is 162. The van der Waals surface area contributed by atoms with E-state index in [1.54, 1.807) is 7.11 Å². The van der Waals surface area contributed by atoms with Crippen molar-refractivity contribution in [1.82, 2.24) is 5.32 Å². The number of nitrogens with one attached hydrogen (secondary N) is 1. The maximum atomic E-state index is 11.6. The van der Waals surface area contributed by atoms with Crippen molar-refractivity contribution in [2.24, 2.45) is 0 Å². The van der Waals surface area contributed by atoms with Gasteiger partial charge in [-0.05, 0) is 25.9 Å². The Labute approximate surface area is 73.5 Å². The van der Waals surface area contributed by atoms with E-state index in [0.717, 1.165) is 25.9 Å². The van der Waals surface area contributed by atoms with Crippen LogP contribution < -0.4 is 5.32 Å². The van der Waals surface area contributed by atoms with Gasteiger partial charge in [-0.1, -0.05) is 6.92 Å². The number of hydrogen-bond donors (Lipinski definition) is 1.